The minimum Gasteiger partial charge on any atom is -0.478 e. The second-order valence-electron chi connectivity index (χ2n) is 2.52. The number of aromatic nitrogens is 1. The Balaban J connectivity index is 3.02. The van der Waals surface area contributed by atoms with Crippen LogP contribution in [0.15, 0.2) is 24.4 Å². The number of nitrogens with zero attached hydrogens (tertiary/aromatic N) is 1. The SMILES string of the molecule is Cc1cc(C(F)=CC(=O)O)ccn1. The molecule has 0 amide bonds. The summed E-state index contributed by atoms with van der Waals surface area (Å²) < 4.78 is 13.0. The summed E-state index contributed by atoms with van der Waals surface area (Å²) in [5, 5.41) is 8.28. The molecule has 0 fully saturated rings. The van der Waals surface area contributed by atoms with Crippen LogP contribution in [-0.4, -0.2) is 16.1 Å². The topological polar surface area (TPSA) is 50.2 Å². The Bertz CT molecular complexity index is 360. The molecule has 68 valence electrons. The molecule has 0 aliphatic rings. The molecule has 4 heteroatoms. The standard InChI is InChI=1S/C9H8FNO2/c1-6-4-7(2-3-11-6)8(10)5-9(12)13/h2-5H,1H3,(H,12,13). The maximum Gasteiger partial charge on any atom is 0.331 e. The normalized spacial score (nSPS) is 11.4. The van der Waals surface area contributed by atoms with Crippen molar-refractivity contribution in [3.05, 3.63) is 35.7 Å². The van der Waals surface area contributed by atoms with E-state index in [1.807, 2.05) is 0 Å². The van der Waals surface area contributed by atoms with Crippen LogP contribution >= 0.6 is 0 Å². The Kier molecular flexibility index (Phi) is 2.74. The Morgan fingerprint density at radius 3 is 2.92 bits per heavy atom. The van der Waals surface area contributed by atoms with Crippen LogP contribution in [0.5, 0.6) is 0 Å². The monoisotopic (exact) mass is 181 g/mol. The zero-order valence-electron chi connectivity index (χ0n) is 6.99. The van der Waals surface area contributed by atoms with E-state index in [4.69, 9.17) is 5.11 Å². The summed E-state index contributed by atoms with van der Waals surface area (Å²) in [4.78, 5) is 14.0. The van der Waals surface area contributed by atoms with E-state index >= 15 is 0 Å². The van der Waals surface area contributed by atoms with Gasteiger partial charge in [-0.25, -0.2) is 9.18 Å². The Morgan fingerprint density at radius 1 is 1.69 bits per heavy atom. The number of carboxylic acid groups (broad SMARTS) is 1. The number of hydrogen-bond donors (Lipinski definition) is 1. The summed E-state index contributed by atoms with van der Waals surface area (Å²) in [7, 11) is 0. The van der Waals surface area contributed by atoms with Gasteiger partial charge in [-0.05, 0) is 19.1 Å². The minimum absolute atomic E-state index is 0.231. The Labute approximate surface area is 74.5 Å². The number of carbonyl (C=O) groups is 1. The average Bonchev–Trinajstić information content (AvgIpc) is 2.03. The van der Waals surface area contributed by atoms with E-state index in [2.05, 4.69) is 4.98 Å². The zero-order chi connectivity index (χ0) is 9.84. The molecule has 0 spiro atoms. The molecule has 1 aromatic rings. The molecule has 0 radical (unpaired) electrons. The molecule has 0 aromatic carbocycles. The van der Waals surface area contributed by atoms with Gasteiger partial charge >= 0.3 is 5.97 Å². The zero-order valence-corrected chi connectivity index (χ0v) is 6.99. The fourth-order valence-corrected chi connectivity index (χ4v) is 0.886. The molecule has 0 unspecified atom stereocenters. The number of pyridine rings is 1. The number of aryl methyl sites for hydroxylation is 1. The van der Waals surface area contributed by atoms with E-state index in [1.165, 1.54) is 18.3 Å². The maximum absolute atomic E-state index is 13.0. The largest absolute Gasteiger partial charge is 0.478 e. The predicted octanol–water partition coefficient (Wildman–Crippen LogP) is 1.79. The molecule has 0 aliphatic carbocycles. The van der Waals surface area contributed by atoms with Gasteiger partial charge < -0.3 is 5.11 Å². The second kappa shape index (κ2) is 3.80. The smallest absolute Gasteiger partial charge is 0.331 e. The van der Waals surface area contributed by atoms with Gasteiger partial charge in [0.25, 0.3) is 0 Å². The van der Waals surface area contributed by atoms with Gasteiger partial charge in [-0.15, -0.1) is 0 Å². The highest BCUT2D eigenvalue weighted by molar-refractivity contribution is 5.87. The number of carboxylic acids is 1. The van der Waals surface area contributed by atoms with Gasteiger partial charge in [0.15, 0.2) is 0 Å². The van der Waals surface area contributed by atoms with Crippen LogP contribution in [0.1, 0.15) is 11.3 Å². The fourth-order valence-electron chi connectivity index (χ4n) is 0.886. The van der Waals surface area contributed by atoms with Crippen molar-refractivity contribution in [1.82, 2.24) is 4.98 Å². The number of halogens is 1. The highest BCUT2D eigenvalue weighted by atomic mass is 19.1. The highest BCUT2D eigenvalue weighted by Gasteiger charge is 2.02. The lowest BCUT2D eigenvalue weighted by atomic mass is 10.2. The third-order valence-corrected chi connectivity index (χ3v) is 1.42. The second-order valence-corrected chi connectivity index (χ2v) is 2.52. The van der Waals surface area contributed by atoms with Crippen molar-refractivity contribution in [2.45, 2.75) is 6.92 Å². The van der Waals surface area contributed by atoms with E-state index < -0.39 is 11.8 Å². The third kappa shape index (κ3) is 2.66. The maximum atomic E-state index is 13.0. The van der Waals surface area contributed by atoms with Gasteiger partial charge in [0.2, 0.25) is 0 Å². The van der Waals surface area contributed by atoms with Gasteiger partial charge in [-0.2, -0.15) is 0 Å². The van der Waals surface area contributed by atoms with Crippen LogP contribution in [0.25, 0.3) is 5.83 Å². The van der Waals surface area contributed by atoms with E-state index in [0.29, 0.717) is 11.8 Å². The summed E-state index contributed by atoms with van der Waals surface area (Å²) in [6.45, 7) is 1.71. The Hall–Kier alpha value is -1.71. The molecule has 0 bridgehead atoms. The number of hydrogen-bond acceptors (Lipinski definition) is 2. The van der Waals surface area contributed by atoms with Crippen molar-refractivity contribution in [3.8, 4) is 0 Å². The van der Waals surface area contributed by atoms with Gasteiger partial charge in [0.05, 0.1) is 6.08 Å². The first kappa shape index (κ1) is 9.38. The van der Waals surface area contributed by atoms with Crippen molar-refractivity contribution in [3.63, 3.8) is 0 Å². The van der Waals surface area contributed by atoms with Crippen molar-refractivity contribution < 1.29 is 14.3 Å². The van der Waals surface area contributed by atoms with E-state index in [-0.39, 0.29) is 5.56 Å². The third-order valence-electron chi connectivity index (χ3n) is 1.42. The molecule has 13 heavy (non-hydrogen) atoms. The summed E-state index contributed by atoms with van der Waals surface area (Å²) in [6.07, 6.45) is 1.95. The van der Waals surface area contributed by atoms with Crippen LogP contribution in [0.3, 0.4) is 0 Å². The molecular weight excluding hydrogens is 173 g/mol. The summed E-state index contributed by atoms with van der Waals surface area (Å²) in [5.74, 6) is -2.06. The molecule has 0 aliphatic heterocycles. The Morgan fingerprint density at radius 2 is 2.38 bits per heavy atom. The minimum atomic E-state index is -1.30. The summed E-state index contributed by atoms with van der Waals surface area (Å²) in [5.41, 5.74) is 0.876. The molecule has 1 rings (SSSR count). The van der Waals surface area contributed by atoms with Crippen molar-refractivity contribution >= 4 is 11.8 Å². The van der Waals surface area contributed by atoms with Crippen LogP contribution in [0.2, 0.25) is 0 Å². The van der Waals surface area contributed by atoms with Crippen LogP contribution in [0.4, 0.5) is 4.39 Å². The van der Waals surface area contributed by atoms with Gasteiger partial charge in [0.1, 0.15) is 5.83 Å². The molecule has 0 saturated carbocycles. The van der Waals surface area contributed by atoms with E-state index in [1.54, 1.807) is 6.92 Å². The molecule has 1 aromatic heterocycles. The van der Waals surface area contributed by atoms with E-state index in [9.17, 15) is 9.18 Å². The molecule has 1 heterocycles. The van der Waals surface area contributed by atoms with Crippen molar-refractivity contribution in [1.29, 1.82) is 0 Å². The van der Waals surface area contributed by atoms with Crippen LogP contribution in [0, 0.1) is 6.92 Å². The fraction of sp³-hybridized carbons (Fsp3) is 0.111. The van der Waals surface area contributed by atoms with Gasteiger partial charge in [-0.1, -0.05) is 0 Å². The first-order chi connectivity index (χ1) is 6.09. The molecule has 3 nitrogen and oxygen atoms in total. The average molecular weight is 181 g/mol. The molecule has 0 saturated heterocycles. The number of rotatable bonds is 2. The number of aliphatic carboxylic acids is 1. The van der Waals surface area contributed by atoms with E-state index in [0.717, 1.165) is 0 Å². The summed E-state index contributed by atoms with van der Waals surface area (Å²) in [6, 6.07) is 2.90. The first-order valence-electron chi connectivity index (χ1n) is 3.63. The molecule has 1 N–H and O–H groups in total. The van der Waals surface area contributed by atoms with Crippen LogP contribution in [-0.2, 0) is 4.79 Å². The lowest BCUT2D eigenvalue weighted by Gasteiger charge is -1.97. The van der Waals surface area contributed by atoms with Crippen LogP contribution < -0.4 is 0 Å². The van der Waals surface area contributed by atoms with Crippen molar-refractivity contribution in [2.75, 3.05) is 0 Å². The molecular formula is C9H8FNO2. The predicted molar refractivity (Wildman–Crippen MR) is 45.7 cm³/mol. The quantitative estimate of drug-likeness (QED) is 0.707. The molecule has 0 atom stereocenters. The van der Waals surface area contributed by atoms with Crippen molar-refractivity contribution in [2.24, 2.45) is 0 Å². The summed E-state index contributed by atoms with van der Waals surface area (Å²) >= 11 is 0. The lowest BCUT2D eigenvalue weighted by molar-refractivity contribution is -0.131. The van der Waals surface area contributed by atoms with Gasteiger partial charge in [-0.3, -0.25) is 4.98 Å². The van der Waals surface area contributed by atoms with Gasteiger partial charge in [0, 0.05) is 17.5 Å². The lowest BCUT2D eigenvalue weighted by Crippen LogP contribution is -1.90. The highest BCUT2D eigenvalue weighted by Crippen LogP contribution is 2.15. The first-order valence-corrected chi connectivity index (χ1v) is 3.63.